The van der Waals surface area contributed by atoms with Gasteiger partial charge in [-0.1, -0.05) is 127 Å². The van der Waals surface area contributed by atoms with Gasteiger partial charge in [-0.25, -0.2) is 4.98 Å². The second-order valence-electron chi connectivity index (χ2n) is 14.7. The van der Waals surface area contributed by atoms with Gasteiger partial charge in [-0.15, -0.1) is 0 Å². The molecule has 57 heavy (non-hydrogen) atoms. The second kappa shape index (κ2) is 11.4. The van der Waals surface area contributed by atoms with E-state index in [4.69, 9.17) is 19.4 Å². The summed E-state index contributed by atoms with van der Waals surface area (Å²) in [6.45, 7) is 0. The molecular formula is C51H29N5O. The van der Waals surface area contributed by atoms with E-state index >= 15 is 0 Å². The minimum Gasteiger partial charge on any atom is -0.456 e. The molecule has 0 aliphatic carbocycles. The van der Waals surface area contributed by atoms with Crippen LogP contribution in [-0.2, 0) is 0 Å². The lowest BCUT2D eigenvalue weighted by molar-refractivity contribution is 0.669. The highest BCUT2D eigenvalue weighted by atomic mass is 16.3. The van der Waals surface area contributed by atoms with Crippen molar-refractivity contribution in [3.8, 4) is 34.4 Å². The zero-order valence-corrected chi connectivity index (χ0v) is 30.4. The first-order valence-corrected chi connectivity index (χ1v) is 19.2. The first-order valence-electron chi connectivity index (χ1n) is 19.2. The second-order valence-corrected chi connectivity index (χ2v) is 14.7. The van der Waals surface area contributed by atoms with Crippen molar-refractivity contribution in [2.45, 2.75) is 0 Å². The molecule has 0 aliphatic heterocycles. The van der Waals surface area contributed by atoms with Crippen LogP contribution in [0.2, 0.25) is 0 Å². The monoisotopic (exact) mass is 727 g/mol. The number of aromatic nitrogens is 5. The molecule has 9 aromatic carbocycles. The Balaban J connectivity index is 1.22. The lowest BCUT2D eigenvalue weighted by atomic mass is 9.95. The largest absolute Gasteiger partial charge is 0.456 e. The highest BCUT2D eigenvalue weighted by molar-refractivity contribution is 6.39. The molecular weight excluding hydrogens is 699 g/mol. The minimum absolute atomic E-state index is 0.555. The van der Waals surface area contributed by atoms with Gasteiger partial charge < -0.3 is 8.98 Å². The number of nitrogens with zero attached hydrogens (tertiary/aromatic N) is 5. The van der Waals surface area contributed by atoms with Gasteiger partial charge in [-0.2, -0.15) is 9.97 Å². The number of hydrogen-bond acceptors (Lipinski definition) is 4. The van der Waals surface area contributed by atoms with Crippen molar-refractivity contribution in [1.29, 1.82) is 0 Å². The van der Waals surface area contributed by atoms with Crippen molar-refractivity contribution in [2.75, 3.05) is 0 Å². The van der Waals surface area contributed by atoms with Gasteiger partial charge >= 0.3 is 0 Å². The van der Waals surface area contributed by atoms with E-state index in [-0.39, 0.29) is 0 Å². The van der Waals surface area contributed by atoms with E-state index in [9.17, 15) is 0 Å². The molecule has 264 valence electrons. The third kappa shape index (κ3) is 4.16. The average Bonchev–Trinajstić information content (AvgIpc) is 3.94. The molecule has 6 nitrogen and oxygen atoms in total. The average molecular weight is 728 g/mol. The van der Waals surface area contributed by atoms with E-state index in [0.717, 1.165) is 55.3 Å². The van der Waals surface area contributed by atoms with E-state index in [1.807, 2.05) is 48.5 Å². The topological polar surface area (TPSA) is 61.7 Å². The number of para-hydroxylation sites is 2. The fourth-order valence-corrected chi connectivity index (χ4v) is 9.43. The van der Waals surface area contributed by atoms with Gasteiger partial charge in [0.25, 0.3) is 0 Å². The van der Waals surface area contributed by atoms with Crippen LogP contribution in [0.25, 0.3) is 122 Å². The standard InChI is InChI=1S/C51H29N5O/c1-3-14-30(15-4-1)49-52-50(37-23-13-27-43-44(37)36-20-9-10-26-42(36)57-43)54-51(53-49)56-39-25-12-22-35-33-19-8-7-18-32(33)34-21-11-24-38-45(34)47-40(28-29-41(56)48(47)46(35)39)55(38)31-16-5-2-6-17-31/h1-29H. The Morgan fingerprint density at radius 3 is 1.58 bits per heavy atom. The van der Waals surface area contributed by atoms with E-state index < -0.39 is 0 Å². The normalized spacial score (nSPS) is 12.2. The Morgan fingerprint density at radius 1 is 0.333 bits per heavy atom. The predicted molar refractivity (Wildman–Crippen MR) is 233 cm³/mol. The van der Waals surface area contributed by atoms with Crippen LogP contribution in [0, 0.1) is 0 Å². The van der Waals surface area contributed by atoms with Gasteiger partial charge in [0.2, 0.25) is 5.95 Å². The summed E-state index contributed by atoms with van der Waals surface area (Å²) in [5.41, 5.74) is 8.96. The van der Waals surface area contributed by atoms with E-state index in [1.54, 1.807) is 0 Å². The molecule has 4 heterocycles. The van der Waals surface area contributed by atoms with E-state index in [2.05, 4.69) is 137 Å². The van der Waals surface area contributed by atoms with Crippen molar-refractivity contribution in [1.82, 2.24) is 24.1 Å². The maximum atomic E-state index is 6.34. The maximum Gasteiger partial charge on any atom is 0.238 e. The summed E-state index contributed by atoms with van der Waals surface area (Å²) in [5, 5.41) is 11.7. The molecule has 0 bridgehead atoms. The van der Waals surface area contributed by atoms with Crippen molar-refractivity contribution >= 4 is 87.1 Å². The third-order valence-electron chi connectivity index (χ3n) is 11.7. The summed E-state index contributed by atoms with van der Waals surface area (Å²) in [5.74, 6) is 1.74. The van der Waals surface area contributed by atoms with Crippen LogP contribution in [0.4, 0.5) is 0 Å². The predicted octanol–water partition coefficient (Wildman–Crippen LogP) is 13.0. The summed E-state index contributed by atoms with van der Waals surface area (Å²) >= 11 is 0. The molecule has 0 saturated heterocycles. The highest BCUT2D eigenvalue weighted by Crippen LogP contribution is 2.47. The summed E-state index contributed by atoms with van der Waals surface area (Å²) in [4.78, 5) is 15.9. The third-order valence-corrected chi connectivity index (χ3v) is 11.7. The number of furan rings is 1. The fourth-order valence-electron chi connectivity index (χ4n) is 9.43. The van der Waals surface area contributed by atoms with Crippen LogP contribution >= 0.6 is 0 Å². The van der Waals surface area contributed by atoms with Crippen LogP contribution in [0.15, 0.2) is 180 Å². The van der Waals surface area contributed by atoms with Crippen LogP contribution in [0.3, 0.4) is 0 Å². The SMILES string of the molecule is c1ccc(-c2nc(-c3cccc4oc5ccccc5c34)nc(-n3c4cccc5c6ccccc6c6cccc7c6c6c(c54)c3ccc6n7-c3ccccc3)n2)cc1. The van der Waals surface area contributed by atoms with Gasteiger partial charge in [0.1, 0.15) is 11.2 Å². The summed E-state index contributed by atoms with van der Waals surface area (Å²) < 4.78 is 11.0. The Labute approximate surface area is 324 Å². The van der Waals surface area contributed by atoms with Gasteiger partial charge in [-0.3, -0.25) is 4.57 Å². The number of hydrogen-bond donors (Lipinski definition) is 0. The number of fused-ring (bicyclic) bond motifs is 6. The first kappa shape index (κ1) is 30.5. The molecule has 0 fully saturated rings. The number of benzene rings is 8. The van der Waals surface area contributed by atoms with Crippen molar-refractivity contribution in [2.24, 2.45) is 0 Å². The molecule has 0 aliphatic rings. The molecule has 0 amide bonds. The Bertz CT molecular complexity index is 3750. The molecule has 13 rings (SSSR count). The minimum atomic E-state index is 0.555. The van der Waals surface area contributed by atoms with Crippen molar-refractivity contribution in [3.05, 3.63) is 176 Å². The zero-order chi connectivity index (χ0) is 37.2. The lowest BCUT2D eigenvalue weighted by Crippen LogP contribution is -2.06. The Morgan fingerprint density at radius 2 is 0.860 bits per heavy atom. The summed E-state index contributed by atoms with van der Waals surface area (Å²) in [7, 11) is 0. The van der Waals surface area contributed by atoms with Gasteiger partial charge in [0.05, 0.1) is 22.1 Å². The van der Waals surface area contributed by atoms with Gasteiger partial charge in [-0.05, 0) is 70.1 Å². The Kier molecular flexibility index (Phi) is 6.07. The van der Waals surface area contributed by atoms with E-state index in [0.29, 0.717) is 17.6 Å². The van der Waals surface area contributed by atoms with Crippen LogP contribution in [-0.4, -0.2) is 24.1 Å². The molecule has 0 N–H and O–H groups in total. The summed E-state index contributed by atoms with van der Waals surface area (Å²) in [6.07, 6.45) is 0. The first-order chi connectivity index (χ1) is 28.3. The van der Waals surface area contributed by atoms with E-state index in [1.165, 1.54) is 48.6 Å². The lowest BCUT2D eigenvalue weighted by Gasteiger charge is -2.12. The quantitative estimate of drug-likeness (QED) is 0.181. The summed E-state index contributed by atoms with van der Waals surface area (Å²) in [6, 6.07) is 61.9. The van der Waals surface area contributed by atoms with Crippen LogP contribution < -0.4 is 0 Å². The fraction of sp³-hybridized carbons (Fsp3) is 0. The Hall–Kier alpha value is -7.83. The highest BCUT2D eigenvalue weighted by Gasteiger charge is 2.26. The molecule has 0 radical (unpaired) electrons. The van der Waals surface area contributed by atoms with Crippen LogP contribution in [0.1, 0.15) is 0 Å². The molecule has 4 aromatic heterocycles. The molecule has 13 aromatic rings. The molecule has 0 saturated carbocycles. The smallest absolute Gasteiger partial charge is 0.238 e. The molecule has 6 heteroatoms. The molecule has 0 unspecified atom stereocenters. The van der Waals surface area contributed by atoms with Crippen molar-refractivity contribution in [3.63, 3.8) is 0 Å². The number of rotatable bonds is 4. The van der Waals surface area contributed by atoms with Crippen LogP contribution in [0.5, 0.6) is 0 Å². The zero-order valence-electron chi connectivity index (χ0n) is 30.4. The van der Waals surface area contributed by atoms with Gasteiger partial charge in [0, 0.05) is 49.1 Å². The maximum absolute atomic E-state index is 6.34. The molecule has 0 spiro atoms. The molecule has 0 atom stereocenters. The van der Waals surface area contributed by atoms with Gasteiger partial charge in [0.15, 0.2) is 11.6 Å². The van der Waals surface area contributed by atoms with Crippen molar-refractivity contribution < 1.29 is 4.42 Å².